The lowest BCUT2D eigenvalue weighted by Crippen LogP contribution is -2.28. The Bertz CT molecular complexity index is 485. The van der Waals surface area contributed by atoms with Crippen LogP contribution in [-0.4, -0.2) is 21.1 Å². The van der Waals surface area contributed by atoms with Gasteiger partial charge in [-0.15, -0.1) is 0 Å². The van der Waals surface area contributed by atoms with Crippen LogP contribution in [0.1, 0.15) is 37.7 Å². The smallest absolute Gasteiger partial charge is 0.237 e. The van der Waals surface area contributed by atoms with Gasteiger partial charge in [-0.05, 0) is 24.5 Å². The van der Waals surface area contributed by atoms with Gasteiger partial charge in [0.1, 0.15) is 5.75 Å². The number of para-hydroxylation sites is 1. The molecule has 4 nitrogen and oxygen atoms in total. The van der Waals surface area contributed by atoms with Gasteiger partial charge in [-0.2, -0.15) is 0 Å². The Labute approximate surface area is 122 Å². The number of nitrogens with one attached hydrogen (secondary N) is 1. The lowest BCUT2D eigenvalue weighted by molar-refractivity contribution is -0.113. The minimum absolute atomic E-state index is 0.0869. The van der Waals surface area contributed by atoms with E-state index < -0.39 is 10.8 Å². The van der Waals surface area contributed by atoms with Gasteiger partial charge in [-0.25, -0.2) is 0 Å². The van der Waals surface area contributed by atoms with Crippen molar-refractivity contribution in [1.82, 2.24) is 0 Å². The standard InChI is InChI=1S/C15H22N2O2S/c16-10-12-6-4-5-9-14(12)17-15(18)11-20(19)13-7-2-1-3-8-13/h4-6,9,13H,1-3,7-8,10-11,16H2,(H,17,18). The van der Waals surface area contributed by atoms with Crippen LogP contribution in [-0.2, 0) is 22.1 Å². The summed E-state index contributed by atoms with van der Waals surface area (Å²) >= 11 is 0. The van der Waals surface area contributed by atoms with E-state index in [1.54, 1.807) is 0 Å². The highest BCUT2D eigenvalue weighted by Gasteiger charge is 2.21. The number of rotatable bonds is 5. The van der Waals surface area contributed by atoms with E-state index >= 15 is 0 Å². The van der Waals surface area contributed by atoms with Gasteiger partial charge in [0.2, 0.25) is 5.91 Å². The zero-order valence-corrected chi connectivity index (χ0v) is 12.5. The quantitative estimate of drug-likeness (QED) is 0.874. The summed E-state index contributed by atoms with van der Waals surface area (Å²) in [5.74, 6) is -0.0985. The largest absolute Gasteiger partial charge is 0.326 e. The Morgan fingerprint density at radius 2 is 1.95 bits per heavy atom. The highest BCUT2D eigenvalue weighted by atomic mass is 32.2. The first-order valence-corrected chi connectivity index (χ1v) is 8.54. The van der Waals surface area contributed by atoms with Crippen molar-refractivity contribution in [2.75, 3.05) is 11.1 Å². The van der Waals surface area contributed by atoms with Gasteiger partial charge in [-0.3, -0.25) is 9.00 Å². The van der Waals surface area contributed by atoms with Crippen LogP contribution in [0, 0.1) is 0 Å². The molecule has 0 heterocycles. The maximum Gasteiger partial charge on any atom is 0.237 e. The van der Waals surface area contributed by atoms with Crippen LogP contribution in [0.5, 0.6) is 0 Å². The van der Waals surface area contributed by atoms with Crippen molar-refractivity contribution >= 4 is 22.4 Å². The maximum absolute atomic E-state index is 12.2. The second kappa shape index (κ2) is 7.55. The van der Waals surface area contributed by atoms with Gasteiger partial charge in [0.15, 0.2) is 0 Å². The minimum atomic E-state index is -1.06. The van der Waals surface area contributed by atoms with E-state index in [0.717, 1.165) is 36.9 Å². The van der Waals surface area contributed by atoms with E-state index in [4.69, 9.17) is 5.73 Å². The van der Waals surface area contributed by atoms with E-state index in [-0.39, 0.29) is 16.9 Å². The Balaban J connectivity index is 1.90. The Kier molecular flexibility index (Phi) is 5.73. The number of carbonyl (C=O) groups excluding carboxylic acids is 1. The molecule has 0 radical (unpaired) electrons. The molecule has 1 unspecified atom stereocenters. The SMILES string of the molecule is NCc1ccccc1NC(=O)CS(=O)C1CCCCC1. The molecule has 110 valence electrons. The molecule has 20 heavy (non-hydrogen) atoms. The summed E-state index contributed by atoms with van der Waals surface area (Å²) in [6.45, 7) is 0.377. The molecule has 1 atom stereocenters. The first kappa shape index (κ1) is 15.2. The van der Waals surface area contributed by atoms with Crippen LogP contribution in [0.25, 0.3) is 0 Å². The van der Waals surface area contributed by atoms with Crippen molar-refractivity contribution in [3.8, 4) is 0 Å². The van der Waals surface area contributed by atoms with Gasteiger partial charge in [0.05, 0.1) is 0 Å². The molecule has 1 saturated carbocycles. The van der Waals surface area contributed by atoms with Crippen molar-refractivity contribution in [2.24, 2.45) is 5.73 Å². The highest BCUT2D eigenvalue weighted by Crippen LogP contribution is 2.22. The maximum atomic E-state index is 12.2. The molecule has 1 fully saturated rings. The minimum Gasteiger partial charge on any atom is -0.326 e. The fourth-order valence-electron chi connectivity index (χ4n) is 2.58. The molecule has 1 amide bonds. The predicted molar refractivity (Wildman–Crippen MR) is 82.8 cm³/mol. The van der Waals surface area contributed by atoms with E-state index in [9.17, 15) is 9.00 Å². The average Bonchev–Trinajstić information content (AvgIpc) is 2.48. The lowest BCUT2D eigenvalue weighted by atomic mass is 10.0. The monoisotopic (exact) mass is 294 g/mol. The molecule has 0 spiro atoms. The number of benzene rings is 1. The molecule has 1 aliphatic rings. The number of hydrogen-bond acceptors (Lipinski definition) is 3. The molecule has 0 aromatic heterocycles. The van der Waals surface area contributed by atoms with Gasteiger partial charge < -0.3 is 11.1 Å². The summed E-state index contributed by atoms with van der Waals surface area (Å²) in [6, 6.07) is 7.45. The first-order chi connectivity index (χ1) is 9.70. The molecular weight excluding hydrogens is 272 g/mol. The van der Waals surface area contributed by atoms with Crippen molar-refractivity contribution in [2.45, 2.75) is 43.9 Å². The first-order valence-electron chi connectivity index (χ1n) is 7.15. The molecule has 0 bridgehead atoms. The fourth-order valence-corrected chi connectivity index (χ4v) is 4.01. The normalized spacial score (nSPS) is 17.6. The van der Waals surface area contributed by atoms with Gasteiger partial charge in [0.25, 0.3) is 0 Å². The third-order valence-corrected chi connectivity index (χ3v) is 5.47. The number of amides is 1. The van der Waals surface area contributed by atoms with Crippen LogP contribution in [0.3, 0.4) is 0 Å². The number of hydrogen-bond donors (Lipinski definition) is 2. The second-order valence-electron chi connectivity index (χ2n) is 5.19. The average molecular weight is 294 g/mol. The van der Waals surface area contributed by atoms with Crippen LogP contribution >= 0.6 is 0 Å². The van der Waals surface area contributed by atoms with Crippen LogP contribution in [0.4, 0.5) is 5.69 Å². The third kappa shape index (κ3) is 4.15. The highest BCUT2D eigenvalue weighted by molar-refractivity contribution is 7.86. The van der Waals surface area contributed by atoms with Crippen molar-refractivity contribution in [1.29, 1.82) is 0 Å². The second-order valence-corrected chi connectivity index (χ2v) is 6.91. The van der Waals surface area contributed by atoms with E-state index in [1.165, 1.54) is 6.42 Å². The summed E-state index contributed by atoms with van der Waals surface area (Å²) in [4.78, 5) is 12.0. The molecule has 1 aromatic rings. The summed E-state index contributed by atoms with van der Waals surface area (Å²) in [7, 11) is -1.06. The fraction of sp³-hybridized carbons (Fsp3) is 0.533. The van der Waals surface area contributed by atoms with E-state index in [1.807, 2.05) is 24.3 Å². The Hall–Kier alpha value is -1.20. The molecular formula is C15H22N2O2S. The molecule has 0 aliphatic heterocycles. The van der Waals surface area contributed by atoms with E-state index in [0.29, 0.717) is 6.54 Å². The zero-order valence-electron chi connectivity index (χ0n) is 11.6. The summed E-state index contributed by atoms with van der Waals surface area (Å²) in [6.07, 6.45) is 5.46. The summed E-state index contributed by atoms with van der Waals surface area (Å²) in [5.41, 5.74) is 7.25. The van der Waals surface area contributed by atoms with Crippen molar-refractivity contribution in [3.63, 3.8) is 0 Å². The topological polar surface area (TPSA) is 72.2 Å². The van der Waals surface area contributed by atoms with Gasteiger partial charge in [-0.1, -0.05) is 37.5 Å². The van der Waals surface area contributed by atoms with Crippen LogP contribution in [0.2, 0.25) is 0 Å². The lowest BCUT2D eigenvalue weighted by Gasteiger charge is -2.20. The summed E-state index contributed by atoms with van der Waals surface area (Å²) in [5, 5.41) is 3.01. The molecule has 5 heteroatoms. The van der Waals surface area contributed by atoms with Crippen LogP contribution in [0.15, 0.2) is 24.3 Å². The van der Waals surface area contributed by atoms with Gasteiger partial charge in [0, 0.05) is 28.3 Å². The number of carbonyl (C=O) groups is 1. The number of nitrogens with two attached hydrogens (primary N) is 1. The summed E-state index contributed by atoms with van der Waals surface area (Å²) < 4.78 is 12.2. The zero-order chi connectivity index (χ0) is 14.4. The Morgan fingerprint density at radius 1 is 1.25 bits per heavy atom. The van der Waals surface area contributed by atoms with Crippen molar-refractivity contribution < 1.29 is 9.00 Å². The molecule has 1 aromatic carbocycles. The molecule has 2 rings (SSSR count). The molecule has 1 aliphatic carbocycles. The van der Waals surface area contributed by atoms with Crippen LogP contribution < -0.4 is 11.1 Å². The van der Waals surface area contributed by atoms with Gasteiger partial charge >= 0.3 is 0 Å². The van der Waals surface area contributed by atoms with Crippen molar-refractivity contribution in [3.05, 3.63) is 29.8 Å². The predicted octanol–water partition coefficient (Wildman–Crippen LogP) is 2.17. The van der Waals surface area contributed by atoms with E-state index in [2.05, 4.69) is 5.32 Å². The third-order valence-electron chi connectivity index (χ3n) is 3.71. The molecule has 3 N–H and O–H groups in total. The molecule has 0 saturated heterocycles. The number of anilines is 1. The Morgan fingerprint density at radius 3 is 2.65 bits per heavy atom.